The molecule has 0 bridgehead atoms. The topological polar surface area (TPSA) is 49.4 Å². The number of nitrogens with one attached hydrogen (secondary N) is 1. The Kier molecular flexibility index (Phi) is 5.74. The highest BCUT2D eigenvalue weighted by Gasteiger charge is 2.28. The van der Waals surface area contributed by atoms with Crippen LogP contribution in [-0.4, -0.2) is 32.9 Å². The Morgan fingerprint density at radius 2 is 1.85 bits per heavy atom. The molecule has 0 fully saturated rings. The van der Waals surface area contributed by atoms with E-state index in [2.05, 4.69) is 5.32 Å². The molecule has 0 aromatic heterocycles. The molecule has 5 heteroatoms. The van der Waals surface area contributed by atoms with E-state index in [9.17, 15) is 8.42 Å². The zero-order valence-electron chi connectivity index (χ0n) is 13.3. The molecule has 0 spiro atoms. The zero-order valence-corrected chi connectivity index (χ0v) is 14.1. The predicted octanol–water partition coefficient (Wildman–Crippen LogP) is 2.38. The van der Waals surface area contributed by atoms with Gasteiger partial charge in [0.15, 0.2) is 0 Å². The van der Waals surface area contributed by atoms with Crippen molar-refractivity contribution in [3.8, 4) is 0 Å². The van der Waals surface area contributed by atoms with Crippen molar-refractivity contribution in [1.82, 2.24) is 9.62 Å². The number of hydrogen-bond acceptors (Lipinski definition) is 3. The Morgan fingerprint density at radius 3 is 2.35 bits per heavy atom. The van der Waals surface area contributed by atoms with E-state index in [0.717, 1.165) is 11.1 Å². The Labute approximate surface area is 123 Å². The van der Waals surface area contributed by atoms with Crippen LogP contribution in [0.1, 0.15) is 31.9 Å². The summed E-state index contributed by atoms with van der Waals surface area (Å²) in [6.45, 7) is 8.53. The summed E-state index contributed by atoms with van der Waals surface area (Å²) in [6.07, 6.45) is 0. The smallest absolute Gasteiger partial charge is 0.243 e. The summed E-state index contributed by atoms with van der Waals surface area (Å²) in [5, 5.41) is 3.07. The van der Waals surface area contributed by atoms with E-state index in [0.29, 0.717) is 11.4 Å². The average molecular weight is 298 g/mol. The first-order chi connectivity index (χ1) is 9.23. The lowest BCUT2D eigenvalue weighted by Crippen LogP contribution is -2.38. The third kappa shape index (κ3) is 3.40. The monoisotopic (exact) mass is 298 g/mol. The van der Waals surface area contributed by atoms with Crippen LogP contribution in [0.4, 0.5) is 0 Å². The summed E-state index contributed by atoms with van der Waals surface area (Å²) in [5.74, 6) is 0.274. The maximum atomic E-state index is 12.8. The van der Waals surface area contributed by atoms with Gasteiger partial charge in [0.05, 0.1) is 4.90 Å². The van der Waals surface area contributed by atoms with Crippen molar-refractivity contribution in [2.75, 3.05) is 14.1 Å². The molecule has 20 heavy (non-hydrogen) atoms. The second kappa shape index (κ2) is 6.70. The summed E-state index contributed by atoms with van der Waals surface area (Å²) in [4.78, 5) is 0.403. The standard InChI is InChI=1S/C15H26N2O2S/c1-11(2)13(4)17(6)20(18,19)15-9-7-8-14(10-16-5)12(15)3/h7-9,11,13,16H,10H2,1-6H3. The molecule has 0 heterocycles. The number of benzene rings is 1. The van der Waals surface area contributed by atoms with Crippen molar-refractivity contribution in [3.63, 3.8) is 0 Å². The van der Waals surface area contributed by atoms with Gasteiger partial charge in [-0.05, 0) is 44.0 Å². The molecule has 1 atom stereocenters. The van der Waals surface area contributed by atoms with Crippen molar-refractivity contribution < 1.29 is 8.42 Å². The van der Waals surface area contributed by atoms with E-state index in [1.807, 2.05) is 40.8 Å². The van der Waals surface area contributed by atoms with Crippen LogP contribution in [-0.2, 0) is 16.6 Å². The number of nitrogens with zero attached hydrogens (tertiary/aromatic N) is 1. The second-order valence-electron chi connectivity index (χ2n) is 5.58. The van der Waals surface area contributed by atoms with Gasteiger partial charge in [0.2, 0.25) is 10.0 Å². The highest BCUT2D eigenvalue weighted by Crippen LogP contribution is 2.24. The first-order valence-corrected chi connectivity index (χ1v) is 8.38. The SMILES string of the molecule is CNCc1cccc(S(=O)(=O)N(C)C(C)C(C)C)c1C. The zero-order chi connectivity index (χ0) is 15.5. The van der Waals surface area contributed by atoms with Crippen LogP contribution in [0.5, 0.6) is 0 Å². The van der Waals surface area contributed by atoms with Crippen molar-refractivity contribution in [3.05, 3.63) is 29.3 Å². The fourth-order valence-electron chi connectivity index (χ4n) is 2.12. The minimum atomic E-state index is -3.45. The molecule has 0 radical (unpaired) electrons. The quantitative estimate of drug-likeness (QED) is 0.877. The third-order valence-corrected chi connectivity index (χ3v) is 6.05. The fraction of sp³-hybridized carbons (Fsp3) is 0.600. The summed E-state index contributed by atoms with van der Waals surface area (Å²) in [7, 11) is 0.0625. The van der Waals surface area contributed by atoms with Crippen molar-refractivity contribution in [1.29, 1.82) is 0 Å². The van der Waals surface area contributed by atoms with Crippen LogP contribution >= 0.6 is 0 Å². The normalized spacial score (nSPS) is 14.0. The molecule has 1 unspecified atom stereocenters. The van der Waals surface area contributed by atoms with Gasteiger partial charge in [-0.1, -0.05) is 26.0 Å². The molecule has 4 nitrogen and oxygen atoms in total. The lowest BCUT2D eigenvalue weighted by atomic mass is 10.1. The largest absolute Gasteiger partial charge is 0.316 e. The van der Waals surface area contributed by atoms with Gasteiger partial charge in [-0.25, -0.2) is 8.42 Å². The van der Waals surface area contributed by atoms with Gasteiger partial charge in [-0.2, -0.15) is 4.31 Å². The maximum Gasteiger partial charge on any atom is 0.243 e. The second-order valence-corrected chi connectivity index (χ2v) is 7.54. The molecule has 0 aliphatic heterocycles. The minimum absolute atomic E-state index is 0.0349. The number of sulfonamides is 1. The lowest BCUT2D eigenvalue weighted by Gasteiger charge is -2.28. The van der Waals surface area contributed by atoms with E-state index in [4.69, 9.17) is 0 Å². The summed E-state index contributed by atoms with van der Waals surface area (Å²) in [6, 6.07) is 5.41. The first-order valence-electron chi connectivity index (χ1n) is 6.94. The first kappa shape index (κ1) is 17.1. The van der Waals surface area contributed by atoms with Crippen LogP contribution in [0.2, 0.25) is 0 Å². The van der Waals surface area contributed by atoms with E-state index in [1.165, 1.54) is 4.31 Å². The molecule has 1 rings (SSSR count). The molecule has 0 aliphatic carbocycles. The Hall–Kier alpha value is -0.910. The van der Waals surface area contributed by atoms with E-state index in [1.54, 1.807) is 19.2 Å². The van der Waals surface area contributed by atoms with Crippen LogP contribution in [0, 0.1) is 12.8 Å². The molecule has 114 valence electrons. The maximum absolute atomic E-state index is 12.8. The third-order valence-electron chi connectivity index (χ3n) is 3.96. The summed E-state index contributed by atoms with van der Waals surface area (Å²) < 4.78 is 27.0. The fourth-order valence-corrected chi connectivity index (χ4v) is 3.88. The van der Waals surface area contributed by atoms with Gasteiger partial charge >= 0.3 is 0 Å². The van der Waals surface area contributed by atoms with E-state index in [-0.39, 0.29) is 12.0 Å². The summed E-state index contributed by atoms with van der Waals surface area (Å²) >= 11 is 0. The van der Waals surface area contributed by atoms with Crippen LogP contribution in [0.3, 0.4) is 0 Å². The Morgan fingerprint density at radius 1 is 1.25 bits per heavy atom. The van der Waals surface area contributed by atoms with Gasteiger partial charge in [0.25, 0.3) is 0 Å². The molecule has 0 saturated carbocycles. The minimum Gasteiger partial charge on any atom is -0.316 e. The van der Waals surface area contributed by atoms with E-state index >= 15 is 0 Å². The van der Waals surface area contributed by atoms with Gasteiger partial charge in [-0.15, -0.1) is 0 Å². The summed E-state index contributed by atoms with van der Waals surface area (Å²) in [5.41, 5.74) is 1.84. The molecule has 1 aromatic carbocycles. The molecule has 1 N–H and O–H groups in total. The van der Waals surface area contributed by atoms with Gasteiger partial charge in [0.1, 0.15) is 0 Å². The Bertz CT molecular complexity index is 553. The van der Waals surface area contributed by atoms with Gasteiger partial charge in [-0.3, -0.25) is 0 Å². The molecular formula is C15H26N2O2S. The van der Waals surface area contributed by atoms with Crippen molar-refractivity contribution >= 4 is 10.0 Å². The van der Waals surface area contributed by atoms with E-state index < -0.39 is 10.0 Å². The molecule has 0 aliphatic rings. The lowest BCUT2D eigenvalue weighted by molar-refractivity contribution is 0.315. The van der Waals surface area contributed by atoms with Crippen LogP contribution in [0.25, 0.3) is 0 Å². The van der Waals surface area contributed by atoms with Gasteiger partial charge in [0, 0.05) is 19.6 Å². The molecule has 0 amide bonds. The van der Waals surface area contributed by atoms with Crippen LogP contribution in [0.15, 0.2) is 23.1 Å². The molecule has 0 saturated heterocycles. The number of rotatable bonds is 6. The highest BCUT2D eigenvalue weighted by atomic mass is 32.2. The average Bonchev–Trinajstić information content (AvgIpc) is 2.39. The van der Waals surface area contributed by atoms with Crippen molar-refractivity contribution in [2.45, 2.75) is 45.2 Å². The number of hydrogen-bond donors (Lipinski definition) is 1. The Balaban J connectivity index is 3.26. The van der Waals surface area contributed by atoms with Gasteiger partial charge < -0.3 is 5.32 Å². The van der Waals surface area contributed by atoms with Crippen LogP contribution < -0.4 is 5.32 Å². The molecule has 1 aromatic rings. The molecular weight excluding hydrogens is 272 g/mol. The van der Waals surface area contributed by atoms with Crippen molar-refractivity contribution in [2.24, 2.45) is 5.92 Å². The highest BCUT2D eigenvalue weighted by molar-refractivity contribution is 7.89. The predicted molar refractivity (Wildman–Crippen MR) is 83.2 cm³/mol.